The molecule has 2 N–H and O–H groups in total. The van der Waals surface area contributed by atoms with Crippen LogP contribution in [0.25, 0.3) is 11.0 Å². The Kier molecular flexibility index (Phi) is 3.23. The van der Waals surface area contributed by atoms with Crippen LogP contribution in [0.15, 0.2) is 48.5 Å². The lowest BCUT2D eigenvalue weighted by molar-refractivity contribution is 0.176. The molecule has 0 aliphatic rings. The van der Waals surface area contributed by atoms with Crippen LogP contribution in [0.5, 0.6) is 0 Å². The molecule has 0 aliphatic carbocycles. The molecular formula is C15H13ClN2O. The van der Waals surface area contributed by atoms with Crippen molar-refractivity contribution in [2.45, 2.75) is 12.5 Å². The highest BCUT2D eigenvalue weighted by Crippen LogP contribution is 2.25. The van der Waals surface area contributed by atoms with E-state index in [0.717, 1.165) is 22.4 Å². The Bertz CT molecular complexity index is 675. The fourth-order valence-electron chi connectivity index (χ4n) is 2.14. The first-order valence-electron chi connectivity index (χ1n) is 6.10. The minimum Gasteiger partial charge on any atom is -0.388 e. The van der Waals surface area contributed by atoms with E-state index in [4.69, 9.17) is 11.6 Å². The first-order valence-corrected chi connectivity index (χ1v) is 6.48. The van der Waals surface area contributed by atoms with Gasteiger partial charge in [0.25, 0.3) is 0 Å². The summed E-state index contributed by atoms with van der Waals surface area (Å²) in [6.07, 6.45) is -0.243. The van der Waals surface area contributed by atoms with Gasteiger partial charge in [-0.25, -0.2) is 4.98 Å². The number of hydrogen-bond donors (Lipinski definition) is 2. The van der Waals surface area contributed by atoms with Gasteiger partial charge in [-0.1, -0.05) is 41.9 Å². The van der Waals surface area contributed by atoms with Gasteiger partial charge in [-0.05, 0) is 23.8 Å². The van der Waals surface area contributed by atoms with Crippen LogP contribution < -0.4 is 0 Å². The number of H-pyrrole nitrogens is 1. The molecule has 3 nitrogen and oxygen atoms in total. The third kappa shape index (κ3) is 2.48. The van der Waals surface area contributed by atoms with E-state index in [0.29, 0.717) is 11.4 Å². The Balaban J connectivity index is 1.86. The first kappa shape index (κ1) is 12.2. The molecule has 0 amide bonds. The van der Waals surface area contributed by atoms with Crippen LogP contribution in [0.4, 0.5) is 0 Å². The van der Waals surface area contributed by atoms with E-state index >= 15 is 0 Å². The number of benzene rings is 2. The highest BCUT2D eigenvalue weighted by molar-refractivity contribution is 6.31. The van der Waals surface area contributed by atoms with Crippen molar-refractivity contribution in [2.75, 3.05) is 0 Å². The van der Waals surface area contributed by atoms with Crippen LogP contribution >= 0.6 is 11.6 Å². The van der Waals surface area contributed by atoms with E-state index in [2.05, 4.69) is 9.97 Å². The van der Waals surface area contributed by atoms with Crippen molar-refractivity contribution in [3.63, 3.8) is 0 Å². The molecule has 3 rings (SSSR count). The normalized spacial score (nSPS) is 12.7. The van der Waals surface area contributed by atoms with E-state index in [1.54, 1.807) is 6.07 Å². The summed E-state index contributed by atoms with van der Waals surface area (Å²) in [5, 5.41) is 10.8. The van der Waals surface area contributed by atoms with Gasteiger partial charge in [0, 0.05) is 11.4 Å². The largest absolute Gasteiger partial charge is 0.388 e. The number of fused-ring (bicyclic) bond motifs is 1. The second-order valence-electron chi connectivity index (χ2n) is 4.44. The van der Waals surface area contributed by atoms with E-state index in [9.17, 15) is 5.11 Å². The predicted octanol–water partition coefficient (Wildman–Crippen LogP) is 3.49. The maximum atomic E-state index is 10.2. The zero-order valence-electron chi connectivity index (χ0n) is 10.2. The summed E-state index contributed by atoms with van der Waals surface area (Å²) in [5.41, 5.74) is 2.61. The number of aromatic nitrogens is 2. The second-order valence-corrected chi connectivity index (χ2v) is 4.85. The smallest absolute Gasteiger partial charge is 0.110 e. The second kappa shape index (κ2) is 5.03. The fourth-order valence-corrected chi connectivity index (χ4v) is 2.40. The van der Waals surface area contributed by atoms with Gasteiger partial charge < -0.3 is 10.1 Å². The third-order valence-corrected chi connectivity index (χ3v) is 3.43. The topological polar surface area (TPSA) is 48.9 Å². The van der Waals surface area contributed by atoms with E-state index < -0.39 is 6.10 Å². The van der Waals surface area contributed by atoms with Gasteiger partial charge >= 0.3 is 0 Å². The zero-order valence-corrected chi connectivity index (χ0v) is 10.9. The quantitative estimate of drug-likeness (QED) is 0.767. The molecule has 4 heteroatoms. The molecule has 0 saturated carbocycles. The summed E-state index contributed by atoms with van der Waals surface area (Å²) >= 11 is 6.07. The molecule has 1 atom stereocenters. The maximum absolute atomic E-state index is 10.2. The van der Waals surface area contributed by atoms with Gasteiger partial charge in [-0.15, -0.1) is 0 Å². The number of rotatable bonds is 3. The summed E-state index contributed by atoms with van der Waals surface area (Å²) in [6.45, 7) is 0. The number of nitrogens with one attached hydrogen (secondary N) is 1. The van der Waals surface area contributed by atoms with Crippen LogP contribution in [0.2, 0.25) is 5.02 Å². The summed E-state index contributed by atoms with van der Waals surface area (Å²) in [6, 6.07) is 15.1. The van der Waals surface area contributed by atoms with Crippen LogP contribution in [0.3, 0.4) is 0 Å². The van der Waals surface area contributed by atoms with Crippen LogP contribution in [-0.4, -0.2) is 15.1 Å². The lowest BCUT2D eigenvalue weighted by Gasteiger charge is -2.10. The predicted molar refractivity (Wildman–Crippen MR) is 76.2 cm³/mol. The number of aliphatic hydroxyl groups is 1. The average molecular weight is 273 g/mol. The van der Waals surface area contributed by atoms with Crippen molar-refractivity contribution in [1.82, 2.24) is 9.97 Å². The van der Waals surface area contributed by atoms with Gasteiger partial charge in [0.2, 0.25) is 0 Å². The Labute approximate surface area is 115 Å². The minimum absolute atomic E-state index is 0.415. The Hall–Kier alpha value is -1.84. The summed E-state index contributed by atoms with van der Waals surface area (Å²) in [5.74, 6) is 0.758. The lowest BCUT2D eigenvalue weighted by Crippen LogP contribution is -2.03. The molecule has 0 saturated heterocycles. The number of aromatic amines is 1. The van der Waals surface area contributed by atoms with Crippen LogP contribution in [-0.2, 0) is 6.42 Å². The average Bonchev–Trinajstić information content (AvgIpc) is 2.81. The molecule has 0 fully saturated rings. The van der Waals surface area contributed by atoms with Crippen molar-refractivity contribution in [3.05, 3.63) is 64.9 Å². The molecule has 19 heavy (non-hydrogen) atoms. The zero-order chi connectivity index (χ0) is 13.2. The van der Waals surface area contributed by atoms with Crippen molar-refractivity contribution in [3.8, 4) is 0 Å². The Morgan fingerprint density at radius 3 is 2.63 bits per heavy atom. The maximum Gasteiger partial charge on any atom is 0.110 e. The van der Waals surface area contributed by atoms with Gasteiger partial charge in [0.05, 0.1) is 17.1 Å². The van der Waals surface area contributed by atoms with Gasteiger partial charge in [0.15, 0.2) is 0 Å². The van der Waals surface area contributed by atoms with Gasteiger partial charge in [0.1, 0.15) is 5.82 Å². The molecule has 96 valence electrons. The molecule has 0 unspecified atom stereocenters. The molecule has 0 spiro atoms. The number of halogens is 1. The van der Waals surface area contributed by atoms with Crippen molar-refractivity contribution < 1.29 is 5.11 Å². The molecule has 0 radical (unpaired) electrons. The number of para-hydroxylation sites is 2. The molecule has 1 heterocycles. The monoisotopic (exact) mass is 272 g/mol. The van der Waals surface area contributed by atoms with Crippen LogP contribution in [0.1, 0.15) is 17.5 Å². The van der Waals surface area contributed by atoms with Gasteiger partial charge in [-0.2, -0.15) is 0 Å². The van der Waals surface area contributed by atoms with Crippen molar-refractivity contribution in [2.24, 2.45) is 0 Å². The minimum atomic E-state index is -0.658. The molecule has 1 aromatic heterocycles. The molecule has 0 aliphatic heterocycles. The number of hydrogen-bond acceptors (Lipinski definition) is 2. The summed E-state index contributed by atoms with van der Waals surface area (Å²) in [4.78, 5) is 7.65. The Morgan fingerprint density at radius 2 is 1.84 bits per heavy atom. The van der Waals surface area contributed by atoms with E-state index in [1.807, 2.05) is 42.5 Å². The third-order valence-electron chi connectivity index (χ3n) is 3.09. The number of imidazole rings is 1. The first-order chi connectivity index (χ1) is 9.24. The highest BCUT2D eigenvalue weighted by atomic mass is 35.5. The Morgan fingerprint density at radius 1 is 1.11 bits per heavy atom. The van der Waals surface area contributed by atoms with E-state index in [-0.39, 0.29) is 0 Å². The molecule has 0 bridgehead atoms. The number of aliphatic hydroxyl groups excluding tert-OH is 1. The van der Waals surface area contributed by atoms with Crippen molar-refractivity contribution in [1.29, 1.82) is 0 Å². The molecular weight excluding hydrogens is 260 g/mol. The number of nitrogens with zero attached hydrogens (tertiary/aromatic N) is 1. The summed E-state index contributed by atoms with van der Waals surface area (Å²) < 4.78 is 0. The van der Waals surface area contributed by atoms with Crippen LogP contribution in [0, 0.1) is 0 Å². The summed E-state index contributed by atoms with van der Waals surface area (Å²) in [7, 11) is 0. The lowest BCUT2D eigenvalue weighted by atomic mass is 10.1. The van der Waals surface area contributed by atoms with Crippen molar-refractivity contribution >= 4 is 22.6 Å². The highest BCUT2D eigenvalue weighted by Gasteiger charge is 2.14. The molecule has 2 aromatic carbocycles. The standard InChI is InChI=1S/C15H13ClN2O/c16-11-6-2-1-5-10(11)14(19)9-15-17-12-7-3-4-8-13(12)18-15/h1-8,14,19H,9H2,(H,17,18)/t14-/m0/s1. The van der Waals surface area contributed by atoms with E-state index in [1.165, 1.54) is 0 Å². The fraction of sp³-hybridized carbons (Fsp3) is 0.133. The SMILES string of the molecule is O[C@@H](Cc1nc2ccccc2[nH]1)c1ccccc1Cl. The molecule has 3 aromatic rings. The van der Waals surface area contributed by atoms with Gasteiger partial charge in [-0.3, -0.25) is 0 Å².